The molecule has 2 heterocycles. The van der Waals surface area contributed by atoms with Gasteiger partial charge in [0.15, 0.2) is 0 Å². The minimum Gasteiger partial charge on any atom is -0.507 e. The number of carbonyl (C=O) groups is 2. The van der Waals surface area contributed by atoms with Crippen molar-refractivity contribution in [1.82, 2.24) is 9.88 Å². The first-order valence-electron chi connectivity index (χ1n) is 10.5. The highest BCUT2D eigenvalue weighted by Crippen LogP contribution is 2.41. The van der Waals surface area contributed by atoms with Crippen LogP contribution in [-0.2, 0) is 16.1 Å². The second-order valence-corrected chi connectivity index (χ2v) is 7.60. The molecule has 1 N–H and O–H groups in total. The van der Waals surface area contributed by atoms with Gasteiger partial charge in [0.1, 0.15) is 29.0 Å². The van der Waals surface area contributed by atoms with Crippen molar-refractivity contribution in [2.24, 2.45) is 0 Å². The van der Waals surface area contributed by atoms with Crippen LogP contribution >= 0.6 is 0 Å². The summed E-state index contributed by atoms with van der Waals surface area (Å²) in [7, 11) is 4.52. The van der Waals surface area contributed by atoms with Crippen LogP contribution in [0.4, 0.5) is 0 Å². The first-order chi connectivity index (χ1) is 16.5. The molecule has 0 radical (unpaired) electrons. The summed E-state index contributed by atoms with van der Waals surface area (Å²) in [5.74, 6) is -0.413. The van der Waals surface area contributed by atoms with Crippen LogP contribution in [0.3, 0.4) is 0 Å². The van der Waals surface area contributed by atoms with Crippen molar-refractivity contribution in [3.05, 3.63) is 89.3 Å². The number of carbonyl (C=O) groups excluding carboxylic acids is 2. The van der Waals surface area contributed by atoms with Crippen molar-refractivity contribution in [2.75, 3.05) is 21.3 Å². The summed E-state index contributed by atoms with van der Waals surface area (Å²) in [5.41, 5.74) is 1.43. The van der Waals surface area contributed by atoms with E-state index in [2.05, 4.69) is 4.98 Å². The average molecular weight is 460 g/mol. The lowest BCUT2D eigenvalue weighted by Crippen LogP contribution is -2.29. The van der Waals surface area contributed by atoms with Crippen LogP contribution in [0, 0.1) is 0 Å². The molecule has 8 heteroatoms. The molecule has 1 aromatic heterocycles. The Morgan fingerprint density at radius 1 is 0.941 bits per heavy atom. The smallest absolute Gasteiger partial charge is 0.296 e. The minimum absolute atomic E-state index is 0.0660. The molecule has 0 saturated carbocycles. The SMILES string of the molecule is COc1ccc(CN2C(=O)C(=O)/C(=C(/O)c3cc(OC)ccc3OC)C2c2ccccn2)cc1. The Balaban J connectivity index is 1.86. The van der Waals surface area contributed by atoms with E-state index in [1.807, 2.05) is 12.1 Å². The van der Waals surface area contributed by atoms with Crippen LogP contribution in [0.1, 0.15) is 22.9 Å². The summed E-state index contributed by atoms with van der Waals surface area (Å²) in [5, 5.41) is 11.3. The van der Waals surface area contributed by atoms with Gasteiger partial charge in [-0.1, -0.05) is 18.2 Å². The third kappa shape index (κ3) is 4.17. The van der Waals surface area contributed by atoms with E-state index in [0.717, 1.165) is 5.56 Å². The predicted molar refractivity (Wildman–Crippen MR) is 125 cm³/mol. The molecule has 2 aromatic carbocycles. The molecule has 3 aromatic rings. The zero-order chi connectivity index (χ0) is 24.2. The number of aromatic nitrogens is 1. The van der Waals surface area contributed by atoms with Crippen LogP contribution in [0.25, 0.3) is 5.76 Å². The van der Waals surface area contributed by atoms with Gasteiger partial charge in [0.05, 0.1) is 38.2 Å². The molecule has 1 aliphatic heterocycles. The van der Waals surface area contributed by atoms with Crippen molar-refractivity contribution in [3.63, 3.8) is 0 Å². The van der Waals surface area contributed by atoms with E-state index >= 15 is 0 Å². The van der Waals surface area contributed by atoms with E-state index in [4.69, 9.17) is 14.2 Å². The maximum Gasteiger partial charge on any atom is 0.296 e. The second-order valence-electron chi connectivity index (χ2n) is 7.60. The van der Waals surface area contributed by atoms with E-state index in [1.54, 1.807) is 61.8 Å². The van der Waals surface area contributed by atoms with Gasteiger partial charge < -0.3 is 24.2 Å². The molecule has 0 spiro atoms. The van der Waals surface area contributed by atoms with Crippen LogP contribution in [0.2, 0.25) is 0 Å². The molecule has 1 amide bonds. The molecule has 1 unspecified atom stereocenters. The van der Waals surface area contributed by atoms with Gasteiger partial charge in [-0.05, 0) is 48.0 Å². The van der Waals surface area contributed by atoms with Gasteiger partial charge in [-0.25, -0.2) is 0 Å². The first-order valence-corrected chi connectivity index (χ1v) is 10.5. The number of benzene rings is 2. The van der Waals surface area contributed by atoms with E-state index in [1.165, 1.54) is 19.1 Å². The first kappa shape index (κ1) is 22.8. The number of ether oxygens (including phenoxy) is 3. The number of aliphatic hydroxyl groups is 1. The zero-order valence-electron chi connectivity index (χ0n) is 19.0. The van der Waals surface area contributed by atoms with E-state index in [9.17, 15) is 14.7 Å². The van der Waals surface area contributed by atoms with E-state index < -0.39 is 17.7 Å². The number of ketones is 1. The minimum atomic E-state index is -0.890. The largest absolute Gasteiger partial charge is 0.507 e. The lowest BCUT2D eigenvalue weighted by Gasteiger charge is -2.24. The highest BCUT2D eigenvalue weighted by atomic mass is 16.5. The molecule has 1 saturated heterocycles. The molecule has 1 atom stereocenters. The Labute approximate surface area is 197 Å². The molecule has 1 fully saturated rings. The molecule has 0 bridgehead atoms. The van der Waals surface area contributed by atoms with Gasteiger partial charge in [-0.2, -0.15) is 0 Å². The number of hydrogen-bond donors (Lipinski definition) is 1. The Hall–Kier alpha value is -4.33. The van der Waals surface area contributed by atoms with E-state index in [0.29, 0.717) is 22.9 Å². The normalized spacial score (nSPS) is 17.0. The third-order valence-corrected chi connectivity index (χ3v) is 5.68. The molecular formula is C26H24N2O6. The maximum absolute atomic E-state index is 13.2. The van der Waals surface area contributed by atoms with Crippen molar-refractivity contribution >= 4 is 17.4 Å². The second kappa shape index (κ2) is 9.66. The molecule has 1 aliphatic rings. The van der Waals surface area contributed by atoms with Crippen LogP contribution in [-0.4, -0.2) is 48.0 Å². The van der Waals surface area contributed by atoms with Gasteiger partial charge in [-0.15, -0.1) is 0 Å². The Kier molecular flexibility index (Phi) is 6.49. The summed E-state index contributed by atoms with van der Waals surface area (Å²) >= 11 is 0. The van der Waals surface area contributed by atoms with Crippen molar-refractivity contribution in [3.8, 4) is 17.2 Å². The molecule has 174 valence electrons. The average Bonchev–Trinajstić information content (AvgIpc) is 3.13. The van der Waals surface area contributed by atoms with E-state index in [-0.39, 0.29) is 23.4 Å². The number of nitrogens with zero attached hydrogens (tertiary/aromatic N) is 2. The highest BCUT2D eigenvalue weighted by Gasteiger charge is 2.47. The molecular weight excluding hydrogens is 436 g/mol. The Bertz CT molecular complexity index is 1240. The topological polar surface area (TPSA) is 98.2 Å². The molecule has 8 nitrogen and oxygen atoms in total. The number of amides is 1. The fourth-order valence-electron chi connectivity index (χ4n) is 3.96. The number of hydrogen-bond acceptors (Lipinski definition) is 7. The molecule has 0 aliphatic carbocycles. The molecule has 4 rings (SSSR count). The number of rotatable bonds is 7. The molecule has 34 heavy (non-hydrogen) atoms. The Morgan fingerprint density at radius 2 is 1.65 bits per heavy atom. The van der Waals surface area contributed by atoms with Gasteiger partial charge in [0.25, 0.3) is 11.7 Å². The Morgan fingerprint density at radius 3 is 2.26 bits per heavy atom. The fraction of sp³-hybridized carbons (Fsp3) is 0.192. The number of likely N-dealkylation sites (tertiary alicyclic amines) is 1. The number of Topliss-reactive ketones (excluding diaryl/α,β-unsaturated/α-hetero) is 1. The summed E-state index contributed by atoms with van der Waals surface area (Å²) in [6.45, 7) is 0.141. The number of methoxy groups -OCH3 is 3. The summed E-state index contributed by atoms with van der Waals surface area (Å²) in [6.07, 6.45) is 1.58. The van der Waals surface area contributed by atoms with Gasteiger partial charge in [-0.3, -0.25) is 14.6 Å². The lowest BCUT2D eigenvalue weighted by atomic mass is 9.97. The quantitative estimate of drug-likeness (QED) is 0.326. The monoisotopic (exact) mass is 460 g/mol. The third-order valence-electron chi connectivity index (χ3n) is 5.68. The standard InChI is InChI=1S/C26H24N2O6/c1-32-17-9-7-16(8-10-17)15-28-23(20-6-4-5-13-27-20)22(25(30)26(28)31)24(29)19-14-18(33-2)11-12-21(19)34-3/h4-14,23,29H,15H2,1-3H3/b24-22+. The van der Waals surface area contributed by atoms with Crippen LogP contribution < -0.4 is 14.2 Å². The van der Waals surface area contributed by atoms with Crippen molar-refractivity contribution in [1.29, 1.82) is 0 Å². The number of pyridine rings is 1. The van der Waals surface area contributed by atoms with Crippen LogP contribution in [0.5, 0.6) is 17.2 Å². The summed E-state index contributed by atoms with van der Waals surface area (Å²) in [6, 6.07) is 16.4. The summed E-state index contributed by atoms with van der Waals surface area (Å²) < 4.78 is 15.9. The summed E-state index contributed by atoms with van der Waals surface area (Å²) in [4.78, 5) is 32.2. The van der Waals surface area contributed by atoms with Crippen LogP contribution in [0.15, 0.2) is 72.4 Å². The lowest BCUT2D eigenvalue weighted by molar-refractivity contribution is -0.140. The maximum atomic E-state index is 13.2. The highest BCUT2D eigenvalue weighted by molar-refractivity contribution is 6.46. The zero-order valence-corrected chi connectivity index (χ0v) is 19.0. The van der Waals surface area contributed by atoms with Gasteiger partial charge >= 0.3 is 0 Å². The number of aliphatic hydroxyl groups excluding tert-OH is 1. The van der Waals surface area contributed by atoms with Gasteiger partial charge in [0, 0.05) is 12.7 Å². The van der Waals surface area contributed by atoms with Crippen molar-refractivity contribution in [2.45, 2.75) is 12.6 Å². The van der Waals surface area contributed by atoms with Gasteiger partial charge in [0.2, 0.25) is 0 Å². The van der Waals surface area contributed by atoms with Crippen molar-refractivity contribution < 1.29 is 28.9 Å². The predicted octanol–water partition coefficient (Wildman–Crippen LogP) is 3.73. The fourth-order valence-corrected chi connectivity index (χ4v) is 3.96.